The predicted octanol–water partition coefficient (Wildman–Crippen LogP) is 1.57. The average molecular weight is 247 g/mol. The van der Waals surface area contributed by atoms with Gasteiger partial charge >= 0.3 is 0 Å². The minimum absolute atomic E-state index is 0.206. The monoisotopic (exact) mass is 247 g/mol. The molecule has 104 valence electrons. The second-order valence-electron chi connectivity index (χ2n) is 4.20. The van der Waals surface area contributed by atoms with E-state index >= 15 is 0 Å². The van der Waals surface area contributed by atoms with Crippen LogP contribution < -0.4 is 5.32 Å². The van der Waals surface area contributed by atoms with Crippen LogP contribution in [0.15, 0.2) is 0 Å². The van der Waals surface area contributed by atoms with Gasteiger partial charge in [0.05, 0.1) is 19.8 Å². The van der Waals surface area contributed by atoms with Crippen LogP contribution in [-0.4, -0.2) is 50.7 Å². The molecule has 0 aliphatic heterocycles. The van der Waals surface area contributed by atoms with Crippen molar-refractivity contribution in [1.82, 2.24) is 5.32 Å². The van der Waals surface area contributed by atoms with Gasteiger partial charge in [-0.1, -0.05) is 20.3 Å². The number of hydrogen-bond acceptors (Lipinski definition) is 4. The second-order valence-corrected chi connectivity index (χ2v) is 4.20. The van der Waals surface area contributed by atoms with Gasteiger partial charge in [0.25, 0.3) is 0 Å². The molecular formula is C13H29NO3. The Morgan fingerprint density at radius 2 is 1.82 bits per heavy atom. The summed E-state index contributed by atoms with van der Waals surface area (Å²) in [5.41, 5.74) is 0. The zero-order chi connectivity index (χ0) is 12.8. The zero-order valence-corrected chi connectivity index (χ0v) is 11.4. The molecule has 0 aromatic heterocycles. The molecule has 0 bridgehead atoms. The number of nitrogens with one attached hydrogen (secondary N) is 1. The summed E-state index contributed by atoms with van der Waals surface area (Å²) >= 11 is 0. The summed E-state index contributed by atoms with van der Waals surface area (Å²) < 4.78 is 10.9. The predicted molar refractivity (Wildman–Crippen MR) is 70.3 cm³/mol. The number of rotatable bonds is 13. The lowest BCUT2D eigenvalue weighted by molar-refractivity contribution is 0.0355. The van der Waals surface area contributed by atoms with Gasteiger partial charge < -0.3 is 19.9 Å². The van der Waals surface area contributed by atoms with Crippen molar-refractivity contribution >= 4 is 0 Å². The molecule has 0 spiro atoms. The maximum Gasteiger partial charge on any atom is 0.0701 e. The van der Waals surface area contributed by atoms with Crippen molar-refractivity contribution in [2.24, 2.45) is 0 Å². The van der Waals surface area contributed by atoms with Crippen molar-refractivity contribution in [2.75, 3.05) is 39.6 Å². The summed E-state index contributed by atoms with van der Waals surface area (Å²) in [6.45, 7) is 8.24. The van der Waals surface area contributed by atoms with Crippen LogP contribution in [0.25, 0.3) is 0 Å². The quantitative estimate of drug-likeness (QED) is 0.485. The lowest BCUT2D eigenvalue weighted by atomic mass is 10.2. The Bertz CT molecular complexity index is 145. The van der Waals surface area contributed by atoms with E-state index in [0.717, 1.165) is 32.4 Å². The highest BCUT2D eigenvalue weighted by atomic mass is 16.5. The van der Waals surface area contributed by atoms with Crippen LogP contribution in [0.1, 0.15) is 39.5 Å². The van der Waals surface area contributed by atoms with Gasteiger partial charge in [-0.2, -0.15) is 0 Å². The Morgan fingerprint density at radius 3 is 2.47 bits per heavy atom. The largest absolute Gasteiger partial charge is 0.396 e. The summed E-state index contributed by atoms with van der Waals surface area (Å²) in [6.07, 6.45) is 4.13. The molecule has 0 amide bonds. The molecule has 0 saturated heterocycles. The fraction of sp³-hybridized carbons (Fsp3) is 1.00. The highest BCUT2D eigenvalue weighted by Crippen LogP contribution is 1.94. The number of unbranched alkanes of at least 4 members (excludes halogenated alkanes) is 1. The first-order valence-corrected chi connectivity index (χ1v) is 6.84. The molecule has 0 aromatic rings. The molecule has 17 heavy (non-hydrogen) atoms. The van der Waals surface area contributed by atoms with Crippen LogP contribution in [-0.2, 0) is 9.47 Å². The number of hydrogen-bond donors (Lipinski definition) is 2. The maximum atomic E-state index is 8.92. The molecule has 4 heteroatoms. The summed E-state index contributed by atoms with van der Waals surface area (Å²) in [5.74, 6) is 0. The molecule has 0 rings (SSSR count). The van der Waals surface area contributed by atoms with E-state index in [-0.39, 0.29) is 12.6 Å². The van der Waals surface area contributed by atoms with Crippen LogP contribution in [0.4, 0.5) is 0 Å². The van der Waals surface area contributed by atoms with Gasteiger partial charge in [0.2, 0.25) is 0 Å². The highest BCUT2D eigenvalue weighted by molar-refractivity contribution is 4.64. The van der Waals surface area contributed by atoms with Crippen LogP contribution in [0.2, 0.25) is 0 Å². The van der Waals surface area contributed by atoms with Gasteiger partial charge in [0, 0.05) is 19.3 Å². The molecule has 1 unspecified atom stereocenters. The van der Waals surface area contributed by atoms with Crippen LogP contribution in [0, 0.1) is 0 Å². The number of ether oxygens (including phenoxy) is 2. The highest BCUT2D eigenvalue weighted by Gasteiger charge is 2.06. The Balaban J connectivity index is 3.34. The Kier molecular flexibility index (Phi) is 13.8. The van der Waals surface area contributed by atoms with E-state index in [0.29, 0.717) is 19.8 Å². The van der Waals surface area contributed by atoms with Gasteiger partial charge in [-0.3, -0.25) is 0 Å². The summed E-state index contributed by atoms with van der Waals surface area (Å²) in [5, 5.41) is 12.3. The van der Waals surface area contributed by atoms with Gasteiger partial charge in [-0.05, 0) is 25.8 Å². The first-order valence-electron chi connectivity index (χ1n) is 6.84. The van der Waals surface area contributed by atoms with E-state index in [9.17, 15) is 0 Å². The molecule has 2 N–H and O–H groups in total. The van der Waals surface area contributed by atoms with Crippen LogP contribution >= 0.6 is 0 Å². The van der Waals surface area contributed by atoms with Crippen LogP contribution in [0.5, 0.6) is 0 Å². The average Bonchev–Trinajstić information content (AvgIpc) is 2.34. The SMILES string of the molecule is CCCCOCCOCC(CCO)NCCC. The van der Waals surface area contributed by atoms with Crippen molar-refractivity contribution < 1.29 is 14.6 Å². The minimum atomic E-state index is 0.206. The van der Waals surface area contributed by atoms with Crippen molar-refractivity contribution in [2.45, 2.75) is 45.6 Å². The van der Waals surface area contributed by atoms with Crippen LogP contribution in [0.3, 0.4) is 0 Å². The van der Waals surface area contributed by atoms with Crippen molar-refractivity contribution in [1.29, 1.82) is 0 Å². The third-order valence-electron chi connectivity index (χ3n) is 2.49. The molecule has 0 heterocycles. The van der Waals surface area contributed by atoms with Crippen molar-refractivity contribution in [3.63, 3.8) is 0 Å². The standard InChI is InChI=1S/C13H29NO3/c1-3-5-9-16-10-11-17-12-13(6-8-15)14-7-4-2/h13-15H,3-12H2,1-2H3. The fourth-order valence-corrected chi connectivity index (χ4v) is 1.44. The molecule has 0 radical (unpaired) electrons. The third kappa shape index (κ3) is 12.1. The zero-order valence-electron chi connectivity index (χ0n) is 11.4. The van der Waals surface area contributed by atoms with Gasteiger partial charge in [-0.25, -0.2) is 0 Å². The molecule has 0 aromatic carbocycles. The smallest absolute Gasteiger partial charge is 0.0701 e. The summed E-state index contributed by atoms with van der Waals surface area (Å²) in [4.78, 5) is 0. The molecule has 0 aliphatic carbocycles. The number of aliphatic hydroxyl groups is 1. The van der Waals surface area contributed by atoms with Gasteiger partial charge in [0.1, 0.15) is 0 Å². The van der Waals surface area contributed by atoms with E-state index in [1.54, 1.807) is 0 Å². The lowest BCUT2D eigenvalue weighted by Crippen LogP contribution is -2.35. The first-order chi connectivity index (χ1) is 8.35. The topological polar surface area (TPSA) is 50.7 Å². The molecular weight excluding hydrogens is 218 g/mol. The van der Waals surface area contributed by atoms with E-state index in [2.05, 4.69) is 19.2 Å². The summed E-state index contributed by atoms with van der Waals surface area (Å²) in [6, 6.07) is 0.260. The molecule has 0 aliphatic rings. The number of aliphatic hydroxyl groups excluding tert-OH is 1. The van der Waals surface area contributed by atoms with Gasteiger partial charge in [-0.15, -0.1) is 0 Å². The maximum absolute atomic E-state index is 8.92. The molecule has 0 fully saturated rings. The van der Waals surface area contributed by atoms with E-state index in [1.807, 2.05) is 0 Å². The summed E-state index contributed by atoms with van der Waals surface area (Å²) in [7, 11) is 0. The lowest BCUT2D eigenvalue weighted by Gasteiger charge is -2.17. The Hall–Kier alpha value is -0.160. The Labute approximate surface area is 106 Å². The van der Waals surface area contributed by atoms with E-state index in [1.165, 1.54) is 6.42 Å². The molecule has 0 saturated carbocycles. The van der Waals surface area contributed by atoms with E-state index in [4.69, 9.17) is 14.6 Å². The van der Waals surface area contributed by atoms with Crippen molar-refractivity contribution in [3.05, 3.63) is 0 Å². The van der Waals surface area contributed by atoms with Crippen molar-refractivity contribution in [3.8, 4) is 0 Å². The normalized spacial score (nSPS) is 12.9. The minimum Gasteiger partial charge on any atom is -0.396 e. The second kappa shape index (κ2) is 13.9. The van der Waals surface area contributed by atoms with Gasteiger partial charge in [0.15, 0.2) is 0 Å². The third-order valence-corrected chi connectivity index (χ3v) is 2.49. The fourth-order valence-electron chi connectivity index (χ4n) is 1.44. The molecule has 4 nitrogen and oxygen atoms in total. The molecule has 1 atom stereocenters. The first kappa shape index (κ1) is 16.8. The Morgan fingerprint density at radius 1 is 1.06 bits per heavy atom. The van der Waals surface area contributed by atoms with E-state index < -0.39 is 0 Å².